The van der Waals surface area contributed by atoms with Crippen molar-refractivity contribution in [3.8, 4) is 0 Å². The average molecular weight is 340 g/mol. The third-order valence-electron chi connectivity index (χ3n) is 4.28. The van der Waals surface area contributed by atoms with Crippen LogP contribution in [-0.2, 0) is 17.8 Å². The minimum Gasteiger partial charge on any atom is -0.352 e. The normalized spacial score (nSPS) is 11.0. The molecule has 25 heavy (non-hydrogen) atoms. The van der Waals surface area contributed by atoms with Crippen molar-refractivity contribution in [3.05, 3.63) is 56.5 Å². The second-order valence-electron chi connectivity index (χ2n) is 6.13. The molecule has 0 unspecified atom stereocenters. The molecule has 8 nitrogen and oxygen atoms in total. The number of aromatic nitrogens is 5. The highest BCUT2D eigenvalue weighted by molar-refractivity contribution is 5.79. The van der Waals surface area contributed by atoms with Crippen LogP contribution >= 0.6 is 0 Å². The lowest BCUT2D eigenvalue weighted by Gasteiger charge is -2.11. The molecule has 3 aromatic heterocycles. The van der Waals surface area contributed by atoms with Gasteiger partial charge in [-0.3, -0.25) is 9.59 Å². The van der Waals surface area contributed by atoms with E-state index in [-0.39, 0.29) is 24.4 Å². The van der Waals surface area contributed by atoms with Crippen molar-refractivity contribution >= 4 is 11.7 Å². The molecule has 8 heteroatoms. The van der Waals surface area contributed by atoms with Crippen molar-refractivity contribution < 1.29 is 4.79 Å². The van der Waals surface area contributed by atoms with Gasteiger partial charge in [0.1, 0.15) is 6.33 Å². The Balaban J connectivity index is 1.77. The minimum atomic E-state index is -0.174. The van der Waals surface area contributed by atoms with Gasteiger partial charge in [0.15, 0.2) is 0 Å². The van der Waals surface area contributed by atoms with E-state index >= 15 is 0 Å². The third kappa shape index (κ3) is 3.28. The fourth-order valence-corrected chi connectivity index (χ4v) is 2.92. The number of hydrogen-bond acceptors (Lipinski definition) is 5. The molecule has 3 rings (SSSR count). The number of fused-ring (bicyclic) bond motifs is 1. The summed E-state index contributed by atoms with van der Waals surface area (Å²) in [4.78, 5) is 35.6. The number of carbonyl (C=O) groups is 1. The van der Waals surface area contributed by atoms with Crippen LogP contribution < -0.4 is 10.9 Å². The van der Waals surface area contributed by atoms with Crippen LogP contribution in [0.1, 0.15) is 33.8 Å². The van der Waals surface area contributed by atoms with Gasteiger partial charge in [-0.15, -0.1) is 0 Å². The third-order valence-corrected chi connectivity index (χ3v) is 4.28. The first-order valence-electron chi connectivity index (χ1n) is 7.98. The number of H-pyrrole nitrogens is 1. The van der Waals surface area contributed by atoms with Gasteiger partial charge in [-0.25, -0.2) is 9.50 Å². The van der Waals surface area contributed by atoms with Gasteiger partial charge in [-0.1, -0.05) is 0 Å². The topological polar surface area (TPSA) is 105 Å². The Kier molecular flexibility index (Phi) is 4.35. The summed E-state index contributed by atoms with van der Waals surface area (Å²) in [5, 5.41) is 6.93. The van der Waals surface area contributed by atoms with Crippen LogP contribution in [-0.4, -0.2) is 30.5 Å². The van der Waals surface area contributed by atoms with Gasteiger partial charge in [0.25, 0.3) is 11.3 Å². The molecule has 0 aliphatic carbocycles. The van der Waals surface area contributed by atoms with Gasteiger partial charge in [-0.2, -0.15) is 10.1 Å². The molecule has 0 fully saturated rings. The first-order valence-corrected chi connectivity index (χ1v) is 7.98. The molecular formula is C17H20N6O2. The number of rotatable bonds is 4. The van der Waals surface area contributed by atoms with Crippen LogP contribution in [0.2, 0.25) is 0 Å². The highest BCUT2D eigenvalue weighted by Crippen LogP contribution is 2.13. The van der Waals surface area contributed by atoms with Crippen LogP contribution in [0, 0.1) is 27.7 Å². The lowest BCUT2D eigenvalue weighted by atomic mass is 10.1. The lowest BCUT2D eigenvalue weighted by Crippen LogP contribution is -2.29. The Hall–Kier alpha value is -3.03. The van der Waals surface area contributed by atoms with Crippen LogP contribution in [0.4, 0.5) is 0 Å². The number of amides is 1. The molecule has 0 radical (unpaired) electrons. The quantitative estimate of drug-likeness (QED) is 0.734. The fraction of sp³-hybridized carbons (Fsp3) is 0.353. The van der Waals surface area contributed by atoms with Crippen molar-refractivity contribution in [2.45, 2.75) is 40.7 Å². The van der Waals surface area contributed by atoms with E-state index in [1.165, 1.54) is 6.33 Å². The second-order valence-corrected chi connectivity index (χ2v) is 6.13. The van der Waals surface area contributed by atoms with E-state index in [1.807, 2.05) is 33.8 Å². The maximum Gasteiger partial charge on any atom is 0.253 e. The molecule has 3 heterocycles. The fourth-order valence-electron chi connectivity index (χ4n) is 2.92. The Morgan fingerprint density at radius 2 is 2.00 bits per heavy atom. The summed E-state index contributed by atoms with van der Waals surface area (Å²) in [6.07, 6.45) is 1.61. The molecule has 0 aromatic carbocycles. The smallest absolute Gasteiger partial charge is 0.253 e. The first kappa shape index (κ1) is 16.8. The zero-order valence-corrected chi connectivity index (χ0v) is 14.7. The van der Waals surface area contributed by atoms with E-state index in [0.29, 0.717) is 11.3 Å². The van der Waals surface area contributed by atoms with E-state index < -0.39 is 0 Å². The zero-order chi connectivity index (χ0) is 18.1. The molecule has 0 atom stereocenters. The first-order chi connectivity index (χ1) is 11.9. The van der Waals surface area contributed by atoms with E-state index in [4.69, 9.17) is 0 Å². The number of carbonyl (C=O) groups excluding carboxylic acids is 1. The van der Waals surface area contributed by atoms with Gasteiger partial charge in [0.2, 0.25) is 5.91 Å². The zero-order valence-electron chi connectivity index (χ0n) is 14.7. The van der Waals surface area contributed by atoms with E-state index in [1.54, 1.807) is 4.52 Å². The second kappa shape index (κ2) is 6.46. The van der Waals surface area contributed by atoms with Crippen LogP contribution in [0.5, 0.6) is 0 Å². The summed E-state index contributed by atoms with van der Waals surface area (Å²) in [6.45, 7) is 7.61. The molecule has 0 saturated carbocycles. The summed E-state index contributed by atoms with van der Waals surface area (Å²) in [7, 11) is 0. The molecule has 0 aliphatic rings. The molecule has 0 bridgehead atoms. The summed E-state index contributed by atoms with van der Waals surface area (Å²) in [5.41, 5.74) is 4.45. The molecule has 0 saturated heterocycles. The Labute approximate surface area is 144 Å². The lowest BCUT2D eigenvalue weighted by molar-refractivity contribution is -0.120. The number of hydrogen-bond donors (Lipinski definition) is 2. The van der Waals surface area contributed by atoms with Crippen molar-refractivity contribution in [1.82, 2.24) is 29.9 Å². The molecule has 0 spiro atoms. The highest BCUT2D eigenvalue weighted by atomic mass is 16.1. The number of aromatic amines is 1. The molecule has 0 aliphatic heterocycles. The number of aryl methyl sites for hydroxylation is 4. The van der Waals surface area contributed by atoms with E-state index in [0.717, 1.165) is 28.2 Å². The van der Waals surface area contributed by atoms with Gasteiger partial charge in [0.05, 0.1) is 6.42 Å². The van der Waals surface area contributed by atoms with Crippen molar-refractivity contribution in [1.29, 1.82) is 0 Å². The molecule has 3 aromatic rings. The number of nitrogens with zero attached hydrogens (tertiary/aromatic N) is 4. The maximum atomic E-state index is 12.4. The van der Waals surface area contributed by atoms with Crippen molar-refractivity contribution in [2.24, 2.45) is 0 Å². The van der Waals surface area contributed by atoms with Gasteiger partial charge in [0, 0.05) is 34.8 Å². The standard InChI is InChI=1S/C17H20N6O2/c1-9-5-10(2)21-16(25)14(9)7-18-15(24)6-13-11(3)22-17-19-8-20-23(17)12(13)4/h5,8H,6-7H2,1-4H3,(H,18,24)(H,21,25). The Bertz CT molecular complexity index is 1020. The Morgan fingerprint density at radius 3 is 2.72 bits per heavy atom. The van der Waals surface area contributed by atoms with Crippen LogP contribution in [0.3, 0.4) is 0 Å². The highest BCUT2D eigenvalue weighted by Gasteiger charge is 2.15. The monoisotopic (exact) mass is 340 g/mol. The van der Waals surface area contributed by atoms with E-state index in [2.05, 4.69) is 25.4 Å². The van der Waals surface area contributed by atoms with Gasteiger partial charge in [-0.05, 0) is 39.3 Å². The molecule has 2 N–H and O–H groups in total. The summed E-state index contributed by atoms with van der Waals surface area (Å²) >= 11 is 0. The summed E-state index contributed by atoms with van der Waals surface area (Å²) in [6, 6.07) is 1.89. The van der Waals surface area contributed by atoms with E-state index in [9.17, 15) is 9.59 Å². The predicted molar refractivity (Wildman–Crippen MR) is 92.3 cm³/mol. The molecular weight excluding hydrogens is 320 g/mol. The Morgan fingerprint density at radius 1 is 1.24 bits per heavy atom. The maximum absolute atomic E-state index is 12.4. The summed E-state index contributed by atoms with van der Waals surface area (Å²) in [5.74, 6) is 0.341. The summed E-state index contributed by atoms with van der Waals surface area (Å²) < 4.78 is 1.62. The number of pyridine rings is 1. The minimum absolute atomic E-state index is 0.170. The van der Waals surface area contributed by atoms with Crippen molar-refractivity contribution in [3.63, 3.8) is 0 Å². The number of nitrogens with one attached hydrogen (secondary N) is 2. The van der Waals surface area contributed by atoms with Gasteiger partial charge < -0.3 is 10.3 Å². The van der Waals surface area contributed by atoms with Crippen LogP contribution in [0.15, 0.2) is 17.2 Å². The predicted octanol–water partition coefficient (Wildman–Crippen LogP) is 0.905. The largest absolute Gasteiger partial charge is 0.352 e. The van der Waals surface area contributed by atoms with Gasteiger partial charge >= 0.3 is 0 Å². The van der Waals surface area contributed by atoms with Crippen molar-refractivity contribution in [2.75, 3.05) is 0 Å². The molecule has 1 amide bonds. The average Bonchev–Trinajstić information content (AvgIpc) is 2.98. The van der Waals surface area contributed by atoms with Crippen LogP contribution in [0.25, 0.3) is 5.78 Å². The SMILES string of the molecule is Cc1cc(C)c(CNC(=O)Cc2c(C)nc3ncnn3c2C)c(=O)[nH]1. The molecule has 130 valence electrons.